The molecule has 2 unspecified atom stereocenters. The third kappa shape index (κ3) is 4.30. The molecule has 0 bridgehead atoms. The molecule has 0 amide bonds. The lowest BCUT2D eigenvalue weighted by Gasteiger charge is -2.33. The Morgan fingerprint density at radius 2 is 2.00 bits per heavy atom. The lowest BCUT2D eigenvalue weighted by atomic mass is 9.98. The second-order valence-electron chi connectivity index (χ2n) is 6.23. The average Bonchev–Trinajstić information content (AvgIpc) is 2.84. The molecular formula is C15H29N3O2S. The minimum Gasteiger partial charge on any atom is -0.312 e. The van der Waals surface area contributed by atoms with Crippen molar-refractivity contribution >= 4 is 9.84 Å². The second-order valence-corrected chi connectivity index (χ2v) is 8.83. The maximum atomic E-state index is 12.1. The molecule has 21 heavy (non-hydrogen) atoms. The number of hydrogen-bond donors (Lipinski definition) is 1. The van der Waals surface area contributed by atoms with Crippen molar-refractivity contribution in [3.8, 4) is 0 Å². The first-order valence-corrected chi connectivity index (χ1v) is 9.49. The molecular weight excluding hydrogens is 286 g/mol. The summed E-state index contributed by atoms with van der Waals surface area (Å²) in [4.78, 5) is 0. The van der Waals surface area contributed by atoms with Crippen LogP contribution in [0, 0.1) is 0 Å². The molecule has 122 valence electrons. The van der Waals surface area contributed by atoms with E-state index in [-0.39, 0.29) is 6.04 Å². The van der Waals surface area contributed by atoms with Crippen molar-refractivity contribution in [1.82, 2.24) is 15.1 Å². The molecule has 0 aliphatic carbocycles. The molecule has 0 aliphatic heterocycles. The molecule has 2 atom stereocenters. The standard InChI is InChI=1S/C15H29N3O2S/c1-7-12(3)18-10-9-13(17-18)11-14(16-8-2)15(4,5)21(6,19)20/h9-10,12,14,16H,7-8,11H2,1-6H3. The first-order valence-electron chi connectivity index (χ1n) is 7.60. The molecule has 5 nitrogen and oxygen atoms in total. The highest BCUT2D eigenvalue weighted by Crippen LogP contribution is 2.23. The predicted octanol–water partition coefficient (Wildman–Crippen LogP) is 2.20. The molecule has 0 aliphatic rings. The summed E-state index contributed by atoms with van der Waals surface area (Å²) in [5, 5.41) is 7.88. The lowest BCUT2D eigenvalue weighted by Crippen LogP contribution is -2.52. The first kappa shape index (κ1) is 18.2. The van der Waals surface area contributed by atoms with Crippen LogP contribution in [0.15, 0.2) is 12.3 Å². The average molecular weight is 315 g/mol. The van der Waals surface area contributed by atoms with E-state index >= 15 is 0 Å². The second kappa shape index (κ2) is 6.92. The molecule has 0 saturated heterocycles. The molecule has 1 aromatic rings. The van der Waals surface area contributed by atoms with Gasteiger partial charge in [0.2, 0.25) is 0 Å². The summed E-state index contributed by atoms with van der Waals surface area (Å²) in [7, 11) is -3.16. The van der Waals surface area contributed by atoms with Crippen LogP contribution in [0.5, 0.6) is 0 Å². The monoisotopic (exact) mass is 315 g/mol. The van der Waals surface area contributed by atoms with E-state index in [4.69, 9.17) is 0 Å². The van der Waals surface area contributed by atoms with E-state index in [1.54, 1.807) is 13.8 Å². The number of likely N-dealkylation sites (N-methyl/N-ethyl adjacent to an activating group) is 1. The molecule has 1 heterocycles. The maximum Gasteiger partial charge on any atom is 0.154 e. The number of nitrogens with one attached hydrogen (secondary N) is 1. The molecule has 1 aromatic heterocycles. The Kier molecular flexibility index (Phi) is 5.99. The van der Waals surface area contributed by atoms with E-state index in [9.17, 15) is 8.42 Å². The van der Waals surface area contributed by atoms with Gasteiger partial charge in [-0.05, 0) is 39.8 Å². The van der Waals surface area contributed by atoms with Crippen LogP contribution in [0.25, 0.3) is 0 Å². The normalized spacial score (nSPS) is 15.9. The highest BCUT2D eigenvalue weighted by atomic mass is 32.2. The predicted molar refractivity (Wildman–Crippen MR) is 87.3 cm³/mol. The van der Waals surface area contributed by atoms with E-state index < -0.39 is 14.6 Å². The van der Waals surface area contributed by atoms with Gasteiger partial charge in [0.05, 0.1) is 10.4 Å². The number of aromatic nitrogens is 2. The zero-order valence-electron chi connectivity index (χ0n) is 14.0. The van der Waals surface area contributed by atoms with Crippen molar-refractivity contribution in [2.45, 2.75) is 64.3 Å². The fourth-order valence-corrected chi connectivity index (χ4v) is 2.88. The van der Waals surface area contributed by atoms with Gasteiger partial charge in [0, 0.05) is 31.0 Å². The minimum absolute atomic E-state index is 0.155. The molecule has 0 radical (unpaired) electrons. The summed E-state index contributed by atoms with van der Waals surface area (Å²) in [6.45, 7) is 10.5. The van der Waals surface area contributed by atoms with Gasteiger partial charge in [-0.25, -0.2) is 8.42 Å². The van der Waals surface area contributed by atoms with Gasteiger partial charge in [0.25, 0.3) is 0 Å². The van der Waals surface area contributed by atoms with E-state index in [1.165, 1.54) is 6.26 Å². The number of sulfone groups is 1. The van der Waals surface area contributed by atoms with E-state index in [1.807, 2.05) is 23.9 Å². The molecule has 0 spiro atoms. The van der Waals surface area contributed by atoms with Gasteiger partial charge in [0.15, 0.2) is 9.84 Å². The molecule has 1 rings (SSSR count). The summed E-state index contributed by atoms with van der Waals surface area (Å²) in [5.41, 5.74) is 0.929. The Balaban J connectivity index is 2.96. The van der Waals surface area contributed by atoms with Gasteiger partial charge in [-0.1, -0.05) is 13.8 Å². The fraction of sp³-hybridized carbons (Fsp3) is 0.800. The van der Waals surface area contributed by atoms with Crippen LogP contribution >= 0.6 is 0 Å². The zero-order chi connectivity index (χ0) is 16.3. The highest BCUT2D eigenvalue weighted by molar-refractivity contribution is 7.92. The van der Waals surface area contributed by atoms with E-state index in [0.29, 0.717) is 12.5 Å². The Morgan fingerprint density at radius 3 is 2.48 bits per heavy atom. The Bertz CT molecular complexity index is 549. The summed E-state index contributed by atoms with van der Waals surface area (Å²) in [6.07, 6.45) is 4.90. The van der Waals surface area contributed by atoms with Crippen molar-refractivity contribution in [2.24, 2.45) is 0 Å². The van der Waals surface area contributed by atoms with Crippen molar-refractivity contribution in [1.29, 1.82) is 0 Å². The van der Waals surface area contributed by atoms with Crippen molar-refractivity contribution < 1.29 is 8.42 Å². The number of rotatable bonds is 8. The summed E-state index contributed by atoms with van der Waals surface area (Å²) >= 11 is 0. The van der Waals surface area contributed by atoms with Gasteiger partial charge >= 0.3 is 0 Å². The van der Waals surface area contributed by atoms with Crippen LogP contribution in [0.3, 0.4) is 0 Å². The molecule has 0 aromatic carbocycles. The molecule has 6 heteroatoms. The van der Waals surface area contributed by atoms with Crippen LogP contribution in [0.4, 0.5) is 0 Å². The molecule has 0 fully saturated rings. The van der Waals surface area contributed by atoms with Crippen LogP contribution in [0.1, 0.15) is 52.8 Å². The van der Waals surface area contributed by atoms with Crippen molar-refractivity contribution in [2.75, 3.05) is 12.8 Å². The summed E-state index contributed by atoms with van der Waals surface area (Å²) < 4.78 is 25.2. The molecule has 0 saturated carbocycles. The van der Waals surface area contributed by atoms with Gasteiger partial charge in [0.1, 0.15) is 0 Å². The van der Waals surface area contributed by atoms with Gasteiger partial charge in [-0.3, -0.25) is 4.68 Å². The van der Waals surface area contributed by atoms with Gasteiger partial charge in [-0.2, -0.15) is 5.10 Å². The zero-order valence-corrected chi connectivity index (χ0v) is 14.9. The third-order valence-electron chi connectivity index (χ3n) is 4.36. The van der Waals surface area contributed by atoms with Gasteiger partial charge < -0.3 is 5.32 Å². The minimum atomic E-state index is -3.16. The third-order valence-corrected chi connectivity index (χ3v) is 6.56. The molecule has 1 N–H and O–H groups in total. The number of nitrogens with zero attached hydrogens (tertiary/aromatic N) is 2. The van der Waals surface area contributed by atoms with Crippen molar-refractivity contribution in [3.63, 3.8) is 0 Å². The Hall–Kier alpha value is -0.880. The van der Waals surface area contributed by atoms with Crippen LogP contribution in [0.2, 0.25) is 0 Å². The first-order chi connectivity index (χ1) is 9.63. The summed E-state index contributed by atoms with van der Waals surface area (Å²) in [6, 6.07) is 2.19. The van der Waals surface area contributed by atoms with E-state index in [2.05, 4.69) is 24.3 Å². The lowest BCUT2D eigenvalue weighted by molar-refractivity contribution is 0.406. The van der Waals surface area contributed by atoms with Crippen LogP contribution in [-0.4, -0.2) is 41.8 Å². The Labute approximate surface area is 129 Å². The van der Waals surface area contributed by atoms with Crippen LogP contribution in [-0.2, 0) is 16.3 Å². The Morgan fingerprint density at radius 1 is 1.38 bits per heavy atom. The van der Waals surface area contributed by atoms with E-state index in [0.717, 1.165) is 18.7 Å². The topological polar surface area (TPSA) is 64.0 Å². The quantitative estimate of drug-likeness (QED) is 0.799. The largest absolute Gasteiger partial charge is 0.312 e. The smallest absolute Gasteiger partial charge is 0.154 e. The maximum absolute atomic E-state index is 12.1. The fourth-order valence-electron chi connectivity index (χ4n) is 2.20. The van der Waals surface area contributed by atoms with Gasteiger partial charge in [-0.15, -0.1) is 0 Å². The van der Waals surface area contributed by atoms with Crippen LogP contribution < -0.4 is 5.32 Å². The van der Waals surface area contributed by atoms with Crippen molar-refractivity contribution in [3.05, 3.63) is 18.0 Å². The SMILES string of the molecule is CCNC(Cc1ccn(C(C)CC)n1)C(C)(C)S(C)(=O)=O. The summed E-state index contributed by atoms with van der Waals surface area (Å²) in [5.74, 6) is 0. The highest BCUT2D eigenvalue weighted by Gasteiger charge is 2.38. The number of hydrogen-bond acceptors (Lipinski definition) is 4.